The average Bonchev–Trinajstić information content (AvgIpc) is 2.86. The fraction of sp³-hybridized carbons (Fsp3) is 0.970. The number of ether oxygens (including phenoxy) is 2. The molecule has 0 aromatic carbocycles. The van der Waals surface area contributed by atoms with Crippen LogP contribution in [0.3, 0.4) is 0 Å². The van der Waals surface area contributed by atoms with Crippen molar-refractivity contribution in [2.75, 3.05) is 75.7 Å². The fourth-order valence-electron chi connectivity index (χ4n) is 4.92. The summed E-state index contributed by atoms with van der Waals surface area (Å²) in [4.78, 5) is 17.5. The second-order valence-corrected chi connectivity index (χ2v) is 14.1. The van der Waals surface area contributed by atoms with E-state index in [-0.39, 0.29) is 12.1 Å². The van der Waals surface area contributed by atoms with Crippen molar-refractivity contribution in [2.45, 2.75) is 136 Å². The van der Waals surface area contributed by atoms with Gasteiger partial charge in [0.1, 0.15) is 13.5 Å². The normalized spacial score (nSPS) is 13.0. The third-order valence-electron chi connectivity index (χ3n) is 7.10. The number of hydrogen-bond donors (Lipinski definition) is 0. The van der Waals surface area contributed by atoms with Gasteiger partial charge >= 0.3 is 6.03 Å². The summed E-state index contributed by atoms with van der Waals surface area (Å²) in [5.41, 5.74) is 0. The van der Waals surface area contributed by atoms with Gasteiger partial charge in [-0.15, -0.1) is 0 Å². The summed E-state index contributed by atoms with van der Waals surface area (Å²) in [7, 11) is 12.7. The van der Waals surface area contributed by atoms with Crippen LogP contribution in [0.1, 0.15) is 130 Å². The number of rotatable bonds is 27. The molecule has 7 nitrogen and oxygen atoms in total. The van der Waals surface area contributed by atoms with Crippen LogP contribution in [0.15, 0.2) is 0 Å². The van der Waals surface area contributed by atoms with Gasteiger partial charge < -0.3 is 18.4 Å². The molecule has 0 aromatic heterocycles. The Morgan fingerprint density at radius 3 is 1.45 bits per heavy atom. The standard InChI is InChI=1S/C33H72N4O3/c1-10-12-14-16-18-19-21-23-25-27-39-30-34(28-36(4,5)6)33(38)35(29-37(7,8)9)31-40-32(3)26-24-22-20-17-15-13-11-2/h32H,10-31H2,1-9H3/q+2. The first-order chi connectivity index (χ1) is 18.9. The Balaban J connectivity index is 4.72. The Labute approximate surface area is 250 Å². The lowest BCUT2D eigenvalue weighted by Crippen LogP contribution is -2.56. The van der Waals surface area contributed by atoms with Crippen molar-refractivity contribution < 1.29 is 23.2 Å². The number of carbonyl (C=O) groups excluding carboxylic acids is 1. The van der Waals surface area contributed by atoms with E-state index in [1.54, 1.807) is 0 Å². The van der Waals surface area contributed by atoms with Crippen LogP contribution in [0.2, 0.25) is 0 Å². The monoisotopic (exact) mass is 573 g/mol. The van der Waals surface area contributed by atoms with Crippen molar-refractivity contribution in [2.24, 2.45) is 0 Å². The first-order valence-electron chi connectivity index (χ1n) is 16.7. The zero-order valence-corrected chi connectivity index (χ0v) is 28.6. The minimum atomic E-state index is -0.00342. The van der Waals surface area contributed by atoms with Gasteiger partial charge in [0.2, 0.25) is 0 Å². The summed E-state index contributed by atoms with van der Waals surface area (Å²) in [6, 6.07) is -0.00342. The summed E-state index contributed by atoms with van der Waals surface area (Å²) < 4.78 is 13.6. The maximum Gasteiger partial charge on any atom is 0.332 e. The van der Waals surface area contributed by atoms with E-state index in [2.05, 4.69) is 63.1 Å². The maximum absolute atomic E-state index is 13.8. The van der Waals surface area contributed by atoms with E-state index in [9.17, 15) is 4.79 Å². The minimum Gasteiger partial charge on any atom is -0.361 e. The highest BCUT2D eigenvalue weighted by molar-refractivity contribution is 5.73. The minimum absolute atomic E-state index is 0.00342. The van der Waals surface area contributed by atoms with Crippen molar-refractivity contribution in [1.82, 2.24) is 9.80 Å². The highest BCUT2D eigenvalue weighted by atomic mass is 16.5. The van der Waals surface area contributed by atoms with Crippen molar-refractivity contribution in [3.8, 4) is 0 Å². The number of nitrogens with zero attached hydrogens (tertiary/aromatic N) is 4. The van der Waals surface area contributed by atoms with E-state index < -0.39 is 0 Å². The van der Waals surface area contributed by atoms with E-state index in [4.69, 9.17) is 9.47 Å². The Bertz CT molecular complexity index is 589. The molecular formula is C33H72N4O3+2. The van der Waals surface area contributed by atoms with Crippen LogP contribution >= 0.6 is 0 Å². The maximum atomic E-state index is 13.8. The summed E-state index contributed by atoms with van der Waals surface area (Å²) >= 11 is 0. The number of amides is 2. The lowest BCUT2D eigenvalue weighted by Gasteiger charge is -2.37. The molecule has 0 radical (unpaired) electrons. The molecule has 0 heterocycles. The quantitative estimate of drug-likeness (QED) is 0.0568. The first-order valence-corrected chi connectivity index (χ1v) is 16.7. The third-order valence-corrected chi connectivity index (χ3v) is 7.10. The van der Waals surface area contributed by atoms with Crippen molar-refractivity contribution >= 4 is 6.03 Å². The zero-order valence-electron chi connectivity index (χ0n) is 28.6. The molecular weight excluding hydrogens is 500 g/mol. The van der Waals surface area contributed by atoms with Gasteiger partial charge in [0.15, 0.2) is 13.3 Å². The molecule has 0 saturated carbocycles. The molecule has 0 spiro atoms. The van der Waals surface area contributed by atoms with Gasteiger partial charge in [-0.3, -0.25) is 9.80 Å². The summed E-state index contributed by atoms with van der Waals surface area (Å²) in [6.07, 6.45) is 22.0. The number of urea groups is 1. The van der Waals surface area contributed by atoms with E-state index in [1.807, 2.05) is 9.80 Å². The molecule has 0 aromatic rings. The Kier molecular flexibility index (Phi) is 23.1. The van der Waals surface area contributed by atoms with Gasteiger partial charge in [-0.1, -0.05) is 110 Å². The SMILES string of the molecule is CCCCCCCCCCCOCN(C[N+](C)(C)C)C(=O)N(COC(C)CCCCCCCCC)C[N+](C)(C)C. The molecule has 240 valence electrons. The molecule has 0 rings (SSSR count). The van der Waals surface area contributed by atoms with E-state index in [1.165, 1.54) is 96.3 Å². The summed E-state index contributed by atoms with van der Waals surface area (Å²) in [6.45, 7) is 9.21. The number of carbonyl (C=O) groups is 1. The third kappa shape index (κ3) is 24.9. The Morgan fingerprint density at radius 2 is 1.00 bits per heavy atom. The summed E-state index contributed by atoms with van der Waals surface area (Å²) in [5, 5.41) is 0. The number of hydrogen-bond acceptors (Lipinski definition) is 3. The van der Waals surface area contributed by atoms with Crippen LogP contribution in [0, 0.1) is 0 Å². The Hall–Kier alpha value is -0.890. The van der Waals surface area contributed by atoms with Crippen LogP contribution in [-0.2, 0) is 9.47 Å². The second kappa shape index (κ2) is 23.6. The lowest BCUT2D eigenvalue weighted by atomic mass is 10.1. The topological polar surface area (TPSA) is 42.0 Å². The molecule has 0 saturated heterocycles. The van der Waals surface area contributed by atoms with Crippen molar-refractivity contribution in [3.05, 3.63) is 0 Å². The molecule has 7 heteroatoms. The van der Waals surface area contributed by atoms with Gasteiger partial charge in [-0.2, -0.15) is 0 Å². The molecule has 1 unspecified atom stereocenters. The highest BCUT2D eigenvalue weighted by Gasteiger charge is 2.29. The number of unbranched alkanes of at least 4 members (excludes halogenated alkanes) is 14. The summed E-state index contributed by atoms with van der Waals surface area (Å²) in [5.74, 6) is 0. The van der Waals surface area contributed by atoms with Crippen molar-refractivity contribution in [3.63, 3.8) is 0 Å². The smallest absolute Gasteiger partial charge is 0.332 e. The van der Waals surface area contributed by atoms with Gasteiger partial charge in [-0.25, -0.2) is 4.79 Å². The van der Waals surface area contributed by atoms with Crippen molar-refractivity contribution in [1.29, 1.82) is 0 Å². The van der Waals surface area contributed by atoms with Crippen LogP contribution in [0.4, 0.5) is 4.79 Å². The molecule has 2 amide bonds. The molecule has 0 fully saturated rings. The van der Waals surface area contributed by atoms with E-state index in [0.29, 0.717) is 42.4 Å². The van der Waals surface area contributed by atoms with Crippen LogP contribution < -0.4 is 0 Å². The number of quaternary nitrogens is 2. The highest BCUT2D eigenvalue weighted by Crippen LogP contribution is 2.14. The molecule has 0 aliphatic carbocycles. The molecule has 1 atom stereocenters. The van der Waals surface area contributed by atoms with Gasteiger partial charge in [-0.05, 0) is 19.8 Å². The second-order valence-electron chi connectivity index (χ2n) is 14.1. The van der Waals surface area contributed by atoms with E-state index in [0.717, 1.165) is 12.8 Å². The lowest BCUT2D eigenvalue weighted by molar-refractivity contribution is -0.882. The van der Waals surface area contributed by atoms with Gasteiger partial charge in [0.05, 0.1) is 48.4 Å². The molecule has 0 N–H and O–H groups in total. The molecule has 0 aliphatic rings. The fourth-order valence-corrected chi connectivity index (χ4v) is 4.92. The predicted octanol–water partition coefficient (Wildman–Crippen LogP) is 8.05. The van der Waals surface area contributed by atoms with Crippen LogP contribution in [0.5, 0.6) is 0 Å². The molecule has 40 heavy (non-hydrogen) atoms. The molecule has 0 bridgehead atoms. The predicted molar refractivity (Wildman–Crippen MR) is 171 cm³/mol. The van der Waals surface area contributed by atoms with Crippen LogP contribution in [-0.4, -0.2) is 107 Å². The Morgan fingerprint density at radius 1 is 0.600 bits per heavy atom. The zero-order chi connectivity index (χ0) is 30.3. The van der Waals surface area contributed by atoms with E-state index >= 15 is 0 Å². The largest absolute Gasteiger partial charge is 0.361 e. The van der Waals surface area contributed by atoms with Gasteiger partial charge in [0.25, 0.3) is 0 Å². The first kappa shape index (κ1) is 39.1. The average molecular weight is 573 g/mol. The van der Waals surface area contributed by atoms with Crippen LogP contribution in [0.25, 0.3) is 0 Å². The molecule has 0 aliphatic heterocycles. The van der Waals surface area contributed by atoms with Gasteiger partial charge in [0, 0.05) is 6.61 Å².